The monoisotopic (exact) mass is 327 g/mol. The van der Waals surface area contributed by atoms with Crippen LogP contribution in [0.15, 0.2) is 54.6 Å². The quantitative estimate of drug-likeness (QED) is 0.739. The number of hydrazine groups is 1. The second-order valence-corrected chi connectivity index (χ2v) is 5.15. The number of amides is 3. The Morgan fingerprint density at radius 1 is 1.00 bits per heavy atom. The van der Waals surface area contributed by atoms with Crippen molar-refractivity contribution in [1.82, 2.24) is 16.2 Å². The van der Waals surface area contributed by atoms with E-state index in [9.17, 15) is 9.59 Å². The van der Waals surface area contributed by atoms with E-state index in [-0.39, 0.29) is 11.9 Å². The first-order chi connectivity index (χ1) is 11.6. The molecule has 0 bridgehead atoms. The summed E-state index contributed by atoms with van der Waals surface area (Å²) in [5.41, 5.74) is 6.17. The van der Waals surface area contributed by atoms with Crippen molar-refractivity contribution in [3.8, 4) is 5.75 Å². The van der Waals surface area contributed by atoms with Crippen molar-refractivity contribution in [2.75, 3.05) is 7.11 Å². The molecule has 3 N–H and O–H groups in total. The minimum Gasteiger partial charge on any atom is -0.497 e. The van der Waals surface area contributed by atoms with E-state index in [4.69, 9.17) is 4.74 Å². The van der Waals surface area contributed by atoms with E-state index in [2.05, 4.69) is 16.2 Å². The Kier molecular flexibility index (Phi) is 6.19. The topological polar surface area (TPSA) is 79.5 Å². The number of carbonyl (C=O) groups is 2. The molecule has 0 aliphatic heterocycles. The Morgan fingerprint density at radius 2 is 1.67 bits per heavy atom. The van der Waals surface area contributed by atoms with Gasteiger partial charge in [0, 0.05) is 5.56 Å². The van der Waals surface area contributed by atoms with Crippen molar-refractivity contribution >= 4 is 11.9 Å². The van der Waals surface area contributed by atoms with Crippen molar-refractivity contribution in [3.05, 3.63) is 65.7 Å². The Bertz CT molecular complexity index is 672. The molecule has 0 saturated heterocycles. The summed E-state index contributed by atoms with van der Waals surface area (Å²) in [7, 11) is 1.60. The summed E-state index contributed by atoms with van der Waals surface area (Å²) in [5.74, 6) is 0.386. The third kappa shape index (κ3) is 4.74. The number of nitrogens with one attached hydrogen (secondary N) is 3. The highest BCUT2D eigenvalue weighted by molar-refractivity contribution is 5.95. The number of carbonyl (C=O) groups excluding carboxylic acids is 2. The van der Waals surface area contributed by atoms with Gasteiger partial charge in [0.05, 0.1) is 13.2 Å². The van der Waals surface area contributed by atoms with Crippen LogP contribution in [0.2, 0.25) is 0 Å². The zero-order valence-electron chi connectivity index (χ0n) is 13.7. The zero-order chi connectivity index (χ0) is 17.4. The predicted molar refractivity (Wildman–Crippen MR) is 91.6 cm³/mol. The van der Waals surface area contributed by atoms with Crippen molar-refractivity contribution in [3.63, 3.8) is 0 Å². The zero-order valence-corrected chi connectivity index (χ0v) is 13.7. The second kappa shape index (κ2) is 8.57. The summed E-state index contributed by atoms with van der Waals surface area (Å²) < 4.78 is 5.12. The van der Waals surface area contributed by atoms with E-state index in [1.807, 2.05) is 37.3 Å². The molecule has 0 fully saturated rings. The first-order valence-electron chi connectivity index (χ1n) is 7.70. The number of urea groups is 1. The fourth-order valence-electron chi connectivity index (χ4n) is 2.23. The van der Waals surface area contributed by atoms with Crippen molar-refractivity contribution in [2.24, 2.45) is 0 Å². The number of methoxy groups -OCH3 is 1. The summed E-state index contributed by atoms with van der Waals surface area (Å²) in [5, 5.41) is 2.82. The fourth-order valence-corrected chi connectivity index (χ4v) is 2.23. The van der Waals surface area contributed by atoms with Crippen LogP contribution in [0.25, 0.3) is 0 Å². The minimum atomic E-state index is -0.470. The molecule has 0 radical (unpaired) electrons. The molecule has 2 aromatic rings. The summed E-state index contributed by atoms with van der Waals surface area (Å²) >= 11 is 0. The average Bonchev–Trinajstić information content (AvgIpc) is 2.65. The smallest absolute Gasteiger partial charge is 0.333 e. The van der Waals surface area contributed by atoms with Gasteiger partial charge in [-0.15, -0.1) is 0 Å². The summed E-state index contributed by atoms with van der Waals surface area (Å²) in [6, 6.07) is 15.5. The van der Waals surface area contributed by atoms with Gasteiger partial charge in [0.25, 0.3) is 5.91 Å². The van der Waals surface area contributed by atoms with E-state index < -0.39 is 6.03 Å². The Morgan fingerprint density at radius 3 is 2.25 bits per heavy atom. The second-order valence-electron chi connectivity index (χ2n) is 5.15. The summed E-state index contributed by atoms with van der Waals surface area (Å²) in [6.07, 6.45) is 0.715. The van der Waals surface area contributed by atoms with Crippen LogP contribution in [-0.4, -0.2) is 19.0 Å². The van der Waals surface area contributed by atoms with E-state index in [1.165, 1.54) is 0 Å². The molecule has 1 atom stereocenters. The molecule has 3 amide bonds. The SMILES string of the molecule is CCC(NC(=O)NNC(=O)c1ccccc1)c1ccc(OC)cc1. The van der Waals surface area contributed by atoms with E-state index in [0.29, 0.717) is 12.0 Å². The van der Waals surface area contributed by atoms with Crippen LogP contribution in [0.5, 0.6) is 5.75 Å². The van der Waals surface area contributed by atoms with Crippen molar-refractivity contribution in [2.45, 2.75) is 19.4 Å². The van der Waals surface area contributed by atoms with Gasteiger partial charge in [-0.25, -0.2) is 10.2 Å². The van der Waals surface area contributed by atoms with Crippen molar-refractivity contribution in [1.29, 1.82) is 0 Å². The van der Waals surface area contributed by atoms with Gasteiger partial charge in [-0.1, -0.05) is 37.3 Å². The predicted octanol–water partition coefficient (Wildman–Crippen LogP) is 2.79. The van der Waals surface area contributed by atoms with Crippen LogP contribution in [0.1, 0.15) is 35.3 Å². The number of hydrogen-bond donors (Lipinski definition) is 3. The van der Waals surface area contributed by atoms with Gasteiger partial charge in [-0.05, 0) is 36.2 Å². The maximum Gasteiger partial charge on any atom is 0.333 e. The molecule has 6 heteroatoms. The van der Waals surface area contributed by atoms with Crippen molar-refractivity contribution < 1.29 is 14.3 Å². The molecule has 1 unspecified atom stereocenters. The number of benzene rings is 2. The molecule has 0 spiro atoms. The van der Waals surface area contributed by atoms with Gasteiger partial charge in [-0.2, -0.15) is 0 Å². The Labute approximate surface area is 141 Å². The highest BCUT2D eigenvalue weighted by Gasteiger charge is 2.13. The largest absolute Gasteiger partial charge is 0.497 e. The number of hydrogen-bond acceptors (Lipinski definition) is 3. The fraction of sp³-hybridized carbons (Fsp3) is 0.222. The average molecular weight is 327 g/mol. The van der Waals surface area contributed by atoms with Gasteiger partial charge in [0.2, 0.25) is 0 Å². The third-order valence-corrected chi connectivity index (χ3v) is 3.56. The van der Waals surface area contributed by atoms with Gasteiger partial charge in [0.1, 0.15) is 5.75 Å². The maximum atomic E-state index is 12.0. The lowest BCUT2D eigenvalue weighted by molar-refractivity contribution is 0.0936. The highest BCUT2D eigenvalue weighted by atomic mass is 16.5. The molecule has 126 valence electrons. The molecular formula is C18H21N3O3. The van der Waals surface area contributed by atoms with Gasteiger partial charge in [-0.3, -0.25) is 10.2 Å². The summed E-state index contributed by atoms with van der Waals surface area (Å²) in [4.78, 5) is 23.9. The first-order valence-corrected chi connectivity index (χ1v) is 7.70. The van der Waals surface area contributed by atoms with Gasteiger partial charge in [0.15, 0.2) is 0 Å². The van der Waals surface area contributed by atoms with Crippen LogP contribution < -0.4 is 20.9 Å². The third-order valence-electron chi connectivity index (χ3n) is 3.56. The molecule has 6 nitrogen and oxygen atoms in total. The molecule has 24 heavy (non-hydrogen) atoms. The lowest BCUT2D eigenvalue weighted by atomic mass is 10.0. The van der Waals surface area contributed by atoms with E-state index in [0.717, 1.165) is 11.3 Å². The Balaban J connectivity index is 1.88. The van der Waals surface area contributed by atoms with Gasteiger partial charge < -0.3 is 10.1 Å². The van der Waals surface area contributed by atoms with Crippen LogP contribution in [0.3, 0.4) is 0 Å². The Hall–Kier alpha value is -3.02. The number of rotatable bonds is 5. The minimum absolute atomic E-state index is 0.162. The standard InChI is InChI=1S/C18H21N3O3/c1-3-16(13-9-11-15(24-2)12-10-13)19-18(23)21-20-17(22)14-7-5-4-6-8-14/h4-12,16H,3H2,1-2H3,(H,20,22)(H2,19,21,23). The van der Waals surface area contributed by atoms with Crippen LogP contribution in [0.4, 0.5) is 4.79 Å². The van der Waals surface area contributed by atoms with E-state index >= 15 is 0 Å². The van der Waals surface area contributed by atoms with Crippen LogP contribution in [-0.2, 0) is 0 Å². The van der Waals surface area contributed by atoms with Crippen LogP contribution in [0, 0.1) is 0 Å². The summed E-state index contributed by atoms with van der Waals surface area (Å²) in [6.45, 7) is 1.97. The molecule has 0 saturated carbocycles. The number of ether oxygens (including phenoxy) is 1. The first kappa shape index (κ1) is 17.3. The molecule has 0 heterocycles. The lowest BCUT2D eigenvalue weighted by Gasteiger charge is -2.18. The van der Waals surface area contributed by atoms with E-state index in [1.54, 1.807) is 31.4 Å². The molecule has 2 rings (SSSR count). The molecule has 0 aliphatic rings. The molecular weight excluding hydrogens is 306 g/mol. The highest BCUT2D eigenvalue weighted by Crippen LogP contribution is 2.19. The van der Waals surface area contributed by atoms with Gasteiger partial charge >= 0.3 is 6.03 Å². The van der Waals surface area contributed by atoms with Crippen LogP contribution >= 0.6 is 0 Å². The maximum absolute atomic E-state index is 12.0. The molecule has 2 aromatic carbocycles. The lowest BCUT2D eigenvalue weighted by Crippen LogP contribution is -2.47. The molecule has 0 aliphatic carbocycles. The normalized spacial score (nSPS) is 11.2. The molecule has 0 aromatic heterocycles.